The lowest BCUT2D eigenvalue weighted by Crippen LogP contribution is -2.46. The van der Waals surface area contributed by atoms with Gasteiger partial charge in [0.05, 0.1) is 12.2 Å². The van der Waals surface area contributed by atoms with Crippen molar-refractivity contribution in [3.63, 3.8) is 0 Å². The van der Waals surface area contributed by atoms with Crippen molar-refractivity contribution in [3.05, 3.63) is 35.4 Å². The fourth-order valence-corrected chi connectivity index (χ4v) is 2.73. The first kappa shape index (κ1) is 17.0. The molecule has 0 amide bonds. The molecule has 2 rings (SSSR count). The van der Waals surface area contributed by atoms with Gasteiger partial charge < -0.3 is 9.47 Å². The van der Waals surface area contributed by atoms with Gasteiger partial charge in [0.15, 0.2) is 0 Å². The van der Waals surface area contributed by atoms with E-state index in [1.54, 1.807) is 6.08 Å². The molecule has 120 valence electrons. The lowest BCUT2D eigenvalue weighted by atomic mass is 10.1. The average molecular weight is 311 g/mol. The van der Waals surface area contributed by atoms with E-state index >= 15 is 0 Å². The van der Waals surface area contributed by atoms with Crippen LogP contribution in [0, 0.1) is 22.7 Å². The van der Waals surface area contributed by atoms with E-state index in [0.29, 0.717) is 12.4 Å². The molecule has 5 nitrogen and oxygen atoms in total. The highest BCUT2D eigenvalue weighted by atomic mass is 16.5. The summed E-state index contributed by atoms with van der Waals surface area (Å²) in [5, 5.41) is 17.7. The number of morpholine rings is 1. The molecular weight excluding hydrogens is 290 g/mol. The second-order valence-electron chi connectivity index (χ2n) is 5.68. The fourth-order valence-electron chi connectivity index (χ4n) is 2.73. The van der Waals surface area contributed by atoms with Gasteiger partial charge in [-0.3, -0.25) is 4.90 Å². The summed E-state index contributed by atoms with van der Waals surface area (Å²) in [6.07, 6.45) is 2.03. The van der Waals surface area contributed by atoms with Gasteiger partial charge in [0, 0.05) is 25.2 Å². The molecule has 1 saturated heterocycles. The van der Waals surface area contributed by atoms with Crippen LogP contribution in [0.25, 0.3) is 6.08 Å². The number of benzene rings is 1. The standard InChI is InChI=1S/C18H21N3O2/c1-14-12-21(13-15(2)23-14)7-8-22-18-6-4-3-5-17(18)9-16(10-19)11-20/h3-6,9,14-15H,7-8,12-13H2,1-2H3. The monoisotopic (exact) mass is 311 g/mol. The van der Waals surface area contributed by atoms with Crippen molar-refractivity contribution < 1.29 is 9.47 Å². The van der Waals surface area contributed by atoms with Gasteiger partial charge in [0.25, 0.3) is 0 Å². The Morgan fingerprint density at radius 1 is 1.26 bits per heavy atom. The molecule has 0 aliphatic carbocycles. The third-order valence-corrected chi connectivity index (χ3v) is 3.62. The van der Waals surface area contributed by atoms with Crippen LogP contribution in [0.15, 0.2) is 29.8 Å². The summed E-state index contributed by atoms with van der Waals surface area (Å²) < 4.78 is 11.6. The van der Waals surface area contributed by atoms with E-state index in [1.807, 2.05) is 36.4 Å². The third kappa shape index (κ3) is 5.10. The molecular formula is C18H21N3O2. The summed E-state index contributed by atoms with van der Waals surface area (Å²) in [5.41, 5.74) is 0.811. The van der Waals surface area contributed by atoms with Crippen molar-refractivity contribution in [3.8, 4) is 17.9 Å². The molecule has 1 fully saturated rings. The maximum absolute atomic E-state index is 8.87. The molecule has 1 aromatic rings. The zero-order valence-electron chi connectivity index (χ0n) is 13.5. The maximum atomic E-state index is 8.87. The first-order valence-corrected chi connectivity index (χ1v) is 7.74. The maximum Gasteiger partial charge on any atom is 0.130 e. The summed E-state index contributed by atoms with van der Waals surface area (Å²) >= 11 is 0. The molecule has 23 heavy (non-hydrogen) atoms. The predicted molar refractivity (Wildman–Crippen MR) is 87.6 cm³/mol. The Balaban J connectivity index is 1.95. The number of hydrogen-bond donors (Lipinski definition) is 0. The Bertz CT molecular complexity index is 616. The molecule has 1 heterocycles. The van der Waals surface area contributed by atoms with E-state index in [2.05, 4.69) is 18.7 Å². The van der Waals surface area contributed by atoms with E-state index in [-0.39, 0.29) is 17.8 Å². The van der Waals surface area contributed by atoms with Gasteiger partial charge in [-0.2, -0.15) is 10.5 Å². The van der Waals surface area contributed by atoms with E-state index in [9.17, 15) is 0 Å². The van der Waals surface area contributed by atoms with Crippen LogP contribution in [0.1, 0.15) is 19.4 Å². The molecule has 1 aliphatic heterocycles. The van der Waals surface area contributed by atoms with Gasteiger partial charge in [-0.05, 0) is 26.0 Å². The fraction of sp³-hybridized carbons (Fsp3) is 0.444. The van der Waals surface area contributed by atoms with Crippen molar-refractivity contribution in [2.75, 3.05) is 26.2 Å². The first-order valence-electron chi connectivity index (χ1n) is 7.74. The predicted octanol–water partition coefficient (Wildman–Crippen LogP) is 2.61. The minimum atomic E-state index is 0.0666. The number of hydrogen-bond acceptors (Lipinski definition) is 5. The zero-order chi connectivity index (χ0) is 16.7. The molecule has 1 aliphatic rings. The van der Waals surface area contributed by atoms with Gasteiger partial charge >= 0.3 is 0 Å². The zero-order valence-corrected chi connectivity index (χ0v) is 13.5. The summed E-state index contributed by atoms with van der Waals surface area (Å²) in [5.74, 6) is 0.685. The van der Waals surface area contributed by atoms with Crippen molar-refractivity contribution in [2.24, 2.45) is 0 Å². The molecule has 0 N–H and O–H groups in total. The van der Waals surface area contributed by atoms with E-state index < -0.39 is 0 Å². The van der Waals surface area contributed by atoms with Crippen molar-refractivity contribution >= 4 is 6.08 Å². The van der Waals surface area contributed by atoms with Crippen LogP contribution in [-0.2, 0) is 4.74 Å². The highest BCUT2D eigenvalue weighted by molar-refractivity contribution is 5.66. The smallest absolute Gasteiger partial charge is 0.130 e. The Labute approximate surface area is 137 Å². The Hall–Kier alpha value is -2.34. The molecule has 0 spiro atoms. The van der Waals surface area contributed by atoms with Crippen LogP contribution in [0.4, 0.5) is 0 Å². The first-order chi connectivity index (χ1) is 11.1. The lowest BCUT2D eigenvalue weighted by Gasteiger charge is -2.35. The number of allylic oxidation sites excluding steroid dienone is 1. The average Bonchev–Trinajstić information content (AvgIpc) is 2.53. The summed E-state index contributed by atoms with van der Waals surface area (Å²) in [7, 11) is 0. The molecule has 2 atom stereocenters. The second kappa shape index (κ2) is 8.33. The number of para-hydroxylation sites is 1. The van der Waals surface area contributed by atoms with E-state index in [4.69, 9.17) is 20.0 Å². The van der Waals surface area contributed by atoms with Gasteiger partial charge in [0.1, 0.15) is 30.1 Å². The van der Waals surface area contributed by atoms with Crippen molar-refractivity contribution in [2.45, 2.75) is 26.1 Å². The molecule has 5 heteroatoms. The summed E-state index contributed by atoms with van der Waals surface area (Å²) in [6, 6.07) is 11.2. The number of rotatable bonds is 5. The minimum Gasteiger partial charge on any atom is -0.492 e. The Kier molecular flexibility index (Phi) is 6.17. The molecule has 1 aromatic carbocycles. The Morgan fingerprint density at radius 2 is 1.91 bits per heavy atom. The Morgan fingerprint density at radius 3 is 2.57 bits per heavy atom. The SMILES string of the molecule is CC1CN(CCOc2ccccc2C=C(C#N)C#N)CC(C)O1. The van der Waals surface area contributed by atoms with Gasteiger partial charge in [0.2, 0.25) is 0 Å². The normalized spacial score (nSPS) is 21.0. The minimum absolute atomic E-state index is 0.0666. The number of ether oxygens (including phenoxy) is 2. The quantitative estimate of drug-likeness (QED) is 0.782. The molecule has 2 unspecified atom stereocenters. The van der Waals surface area contributed by atoms with Crippen LogP contribution in [0.2, 0.25) is 0 Å². The van der Waals surface area contributed by atoms with Gasteiger partial charge in [-0.25, -0.2) is 0 Å². The molecule has 0 bridgehead atoms. The number of nitrogens with zero attached hydrogens (tertiary/aromatic N) is 3. The molecule has 0 radical (unpaired) electrons. The van der Waals surface area contributed by atoms with Gasteiger partial charge in [-0.1, -0.05) is 18.2 Å². The van der Waals surface area contributed by atoms with Crippen LogP contribution < -0.4 is 4.74 Å². The van der Waals surface area contributed by atoms with Crippen molar-refractivity contribution in [1.29, 1.82) is 10.5 Å². The largest absolute Gasteiger partial charge is 0.492 e. The topological polar surface area (TPSA) is 69.3 Å². The molecule has 0 saturated carbocycles. The summed E-state index contributed by atoms with van der Waals surface area (Å²) in [4.78, 5) is 2.33. The van der Waals surface area contributed by atoms with Crippen LogP contribution in [-0.4, -0.2) is 43.3 Å². The third-order valence-electron chi connectivity index (χ3n) is 3.62. The highest BCUT2D eigenvalue weighted by Gasteiger charge is 2.21. The lowest BCUT2D eigenvalue weighted by molar-refractivity contribution is -0.0699. The van der Waals surface area contributed by atoms with Crippen LogP contribution in [0.5, 0.6) is 5.75 Å². The second-order valence-corrected chi connectivity index (χ2v) is 5.68. The van der Waals surface area contributed by atoms with E-state index in [0.717, 1.165) is 25.2 Å². The number of nitriles is 2. The van der Waals surface area contributed by atoms with Crippen LogP contribution >= 0.6 is 0 Å². The van der Waals surface area contributed by atoms with Crippen LogP contribution in [0.3, 0.4) is 0 Å². The van der Waals surface area contributed by atoms with Gasteiger partial charge in [-0.15, -0.1) is 0 Å². The highest BCUT2D eigenvalue weighted by Crippen LogP contribution is 2.21. The van der Waals surface area contributed by atoms with Crippen molar-refractivity contribution in [1.82, 2.24) is 4.90 Å². The summed E-state index contributed by atoms with van der Waals surface area (Å²) in [6.45, 7) is 7.34. The molecule has 0 aromatic heterocycles. The van der Waals surface area contributed by atoms with E-state index in [1.165, 1.54) is 0 Å².